The monoisotopic (exact) mass is 208 g/mol. The molecule has 0 unspecified atom stereocenters. The van der Waals surface area contributed by atoms with Crippen molar-refractivity contribution in [1.29, 1.82) is 0 Å². The SMILES string of the molecule is CC(C)(C)c1cccc2ccccc12.[NaH]. The maximum absolute atomic E-state index is 2.26. The fourth-order valence-electron chi connectivity index (χ4n) is 1.88. The van der Waals surface area contributed by atoms with Gasteiger partial charge in [0, 0.05) is 0 Å². The molecule has 0 fully saturated rings. The fourth-order valence-corrected chi connectivity index (χ4v) is 1.88. The van der Waals surface area contributed by atoms with Crippen LogP contribution in [0.5, 0.6) is 0 Å². The molecule has 74 valence electrons. The summed E-state index contributed by atoms with van der Waals surface area (Å²) in [6.45, 7) is 6.78. The summed E-state index contributed by atoms with van der Waals surface area (Å²) in [5, 5.41) is 2.71. The molecule has 0 amide bonds. The normalized spacial score (nSPS) is 11.1. The summed E-state index contributed by atoms with van der Waals surface area (Å²) in [6.07, 6.45) is 0. The number of hydrogen-bond donors (Lipinski definition) is 0. The van der Waals surface area contributed by atoms with Gasteiger partial charge in [-0.05, 0) is 21.8 Å². The number of benzene rings is 2. The van der Waals surface area contributed by atoms with Gasteiger partial charge in [0.1, 0.15) is 0 Å². The fraction of sp³-hybridized carbons (Fsp3) is 0.286. The Morgan fingerprint density at radius 2 is 1.40 bits per heavy atom. The summed E-state index contributed by atoms with van der Waals surface area (Å²) in [7, 11) is 0. The summed E-state index contributed by atoms with van der Waals surface area (Å²) >= 11 is 0. The minimum absolute atomic E-state index is 0. The first-order chi connectivity index (χ1) is 6.59. The Morgan fingerprint density at radius 1 is 0.800 bits per heavy atom. The topological polar surface area (TPSA) is 0 Å². The molecule has 0 saturated heterocycles. The number of fused-ring (bicyclic) bond motifs is 1. The summed E-state index contributed by atoms with van der Waals surface area (Å²) < 4.78 is 0. The second kappa shape index (κ2) is 4.69. The third-order valence-electron chi connectivity index (χ3n) is 2.60. The molecule has 0 radical (unpaired) electrons. The van der Waals surface area contributed by atoms with Crippen molar-refractivity contribution < 1.29 is 0 Å². The summed E-state index contributed by atoms with van der Waals surface area (Å²) in [5.41, 5.74) is 1.65. The van der Waals surface area contributed by atoms with E-state index in [9.17, 15) is 0 Å². The van der Waals surface area contributed by atoms with Gasteiger partial charge in [0.15, 0.2) is 0 Å². The molecule has 1 heteroatoms. The summed E-state index contributed by atoms with van der Waals surface area (Å²) in [5.74, 6) is 0. The van der Waals surface area contributed by atoms with E-state index < -0.39 is 0 Å². The van der Waals surface area contributed by atoms with Crippen molar-refractivity contribution in [2.75, 3.05) is 0 Å². The standard InChI is InChI=1S/C14H16.Na.H/c1-14(2,3)13-10-6-8-11-7-4-5-9-12(11)13;;/h4-10H,1-3H3;;. The Bertz CT molecular complexity index is 447. The molecule has 0 atom stereocenters. The molecule has 2 aromatic carbocycles. The van der Waals surface area contributed by atoms with Crippen molar-refractivity contribution in [1.82, 2.24) is 0 Å². The Kier molecular flexibility index (Phi) is 3.99. The van der Waals surface area contributed by atoms with Gasteiger partial charge >= 0.3 is 29.6 Å². The summed E-state index contributed by atoms with van der Waals surface area (Å²) in [4.78, 5) is 0. The third-order valence-corrected chi connectivity index (χ3v) is 2.60. The molecule has 0 bridgehead atoms. The molecule has 0 N–H and O–H groups in total. The van der Waals surface area contributed by atoms with Crippen LogP contribution in [0.1, 0.15) is 26.3 Å². The quantitative estimate of drug-likeness (QED) is 0.581. The Morgan fingerprint density at radius 3 is 2.07 bits per heavy atom. The van der Waals surface area contributed by atoms with Gasteiger partial charge in [-0.2, -0.15) is 0 Å². The zero-order valence-corrected chi connectivity index (χ0v) is 9.04. The average Bonchev–Trinajstić information content (AvgIpc) is 2.15. The van der Waals surface area contributed by atoms with Gasteiger partial charge in [-0.25, -0.2) is 0 Å². The molecule has 0 aliphatic heterocycles. The van der Waals surface area contributed by atoms with Crippen molar-refractivity contribution in [3.05, 3.63) is 48.0 Å². The van der Waals surface area contributed by atoms with E-state index in [1.54, 1.807) is 0 Å². The van der Waals surface area contributed by atoms with Gasteiger partial charge in [-0.1, -0.05) is 63.2 Å². The van der Waals surface area contributed by atoms with Gasteiger partial charge in [0.25, 0.3) is 0 Å². The Hall–Kier alpha value is -0.300. The van der Waals surface area contributed by atoms with E-state index in [2.05, 4.69) is 63.2 Å². The van der Waals surface area contributed by atoms with Crippen LogP contribution in [0.25, 0.3) is 10.8 Å². The van der Waals surface area contributed by atoms with Crippen LogP contribution < -0.4 is 0 Å². The van der Waals surface area contributed by atoms with Crippen LogP contribution in [0.4, 0.5) is 0 Å². The van der Waals surface area contributed by atoms with Crippen LogP contribution in [0.15, 0.2) is 42.5 Å². The van der Waals surface area contributed by atoms with Crippen molar-refractivity contribution in [2.45, 2.75) is 26.2 Å². The molecule has 2 aromatic rings. The predicted octanol–water partition coefficient (Wildman–Crippen LogP) is 3.49. The maximum atomic E-state index is 2.26. The van der Waals surface area contributed by atoms with Gasteiger partial charge in [0.2, 0.25) is 0 Å². The molecule has 2 rings (SSSR count). The zero-order chi connectivity index (χ0) is 10.2. The van der Waals surface area contributed by atoms with E-state index in [1.165, 1.54) is 16.3 Å². The molecule has 0 heterocycles. The average molecular weight is 208 g/mol. The van der Waals surface area contributed by atoms with E-state index in [-0.39, 0.29) is 35.0 Å². The van der Waals surface area contributed by atoms with Crippen LogP contribution >= 0.6 is 0 Å². The Balaban J connectivity index is 0.00000112. The summed E-state index contributed by atoms with van der Waals surface area (Å²) in [6, 6.07) is 15.1. The van der Waals surface area contributed by atoms with Crippen molar-refractivity contribution in [3.63, 3.8) is 0 Å². The number of rotatable bonds is 0. The Labute approximate surface area is 114 Å². The molecule has 0 spiro atoms. The van der Waals surface area contributed by atoms with E-state index in [0.717, 1.165) is 0 Å². The zero-order valence-electron chi connectivity index (χ0n) is 9.04. The van der Waals surface area contributed by atoms with Gasteiger partial charge in [-0.3, -0.25) is 0 Å². The molecule has 0 aromatic heterocycles. The van der Waals surface area contributed by atoms with Crippen LogP contribution in [0.3, 0.4) is 0 Å². The molecule has 0 aliphatic rings. The van der Waals surface area contributed by atoms with Crippen LogP contribution in [0.2, 0.25) is 0 Å². The first kappa shape index (κ1) is 12.8. The number of hydrogen-bond acceptors (Lipinski definition) is 0. The third kappa shape index (κ3) is 2.63. The van der Waals surface area contributed by atoms with Crippen molar-refractivity contribution in [3.8, 4) is 0 Å². The molecule has 0 aliphatic carbocycles. The van der Waals surface area contributed by atoms with Gasteiger partial charge < -0.3 is 0 Å². The molecule has 15 heavy (non-hydrogen) atoms. The van der Waals surface area contributed by atoms with Crippen molar-refractivity contribution >= 4 is 40.3 Å². The van der Waals surface area contributed by atoms with E-state index in [1.807, 2.05) is 0 Å². The van der Waals surface area contributed by atoms with Gasteiger partial charge in [0.05, 0.1) is 0 Å². The molecule has 0 nitrogen and oxygen atoms in total. The molecular formula is C14H17Na. The predicted molar refractivity (Wildman–Crippen MR) is 69.8 cm³/mol. The van der Waals surface area contributed by atoms with Gasteiger partial charge in [-0.15, -0.1) is 0 Å². The van der Waals surface area contributed by atoms with Crippen molar-refractivity contribution in [2.24, 2.45) is 0 Å². The molecular weight excluding hydrogens is 191 g/mol. The van der Waals surface area contributed by atoms with E-state index >= 15 is 0 Å². The first-order valence-electron chi connectivity index (χ1n) is 5.07. The first-order valence-corrected chi connectivity index (χ1v) is 5.07. The van der Waals surface area contributed by atoms with E-state index in [4.69, 9.17) is 0 Å². The van der Waals surface area contributed by atoms with Crippen LogP contribution in [0, 0.1) is 0 Å². The van der Waals surface area contributed by atoms with E-state index in [0.29, 0.717) is 0 Å². The van der Waals surface area contributed by atoms with Crippen LogP contribution in [-0.4, -0.2) is 29.6 Å². The second-order valence-corrected chi connectivity index (χ2v) is 4.78. The van der Waals surface area contributed by atoms with Crippen LogP contribution in [-0.2, 0) is 5.41 Å². The molecule has 0 saturated carbocycles. The second-order valence-electron chi connectivity index (χ2n) is 4.78. The minimum atomic E-state index is 0.